The van der Waals surface area contributed by atoms with E-state index in [0.29, 0.717) is 5.56 Å². The standard InChI is InChI=1S/C16H17FO2/c1-10-7-11(2)9-12(8-10)16(18)13-5-4-6-14(19-3)15(13)17/h4-9,16,18H,1-3H3. The molecule has 0 heterocycles. The maximum absolute atomic E-state index is 14.1. The van der Waals surface area contributed by atoms with Crippen molar-refractivity contribution in [2.75, 3.05) is 7.11 Å². The first-order chi connectivity index (χ1) is 9.02. The number of halogens is 1. The number of aliphatic hydroxyl groups excluding tert-OH is 1. The van der Waals surface area contributed by atoms with Crippen LogP contribution < -0.4 is 4.74 Å². The molecule has 2 rings (SSSR count). The van der Waals surface area contributed by atoms with Gasteiger partial charge in [0.1, 0.15) is 6.10 Å². The van der Waals surface area contributed by atoms with E-state index in [2.05, 4.69) is 0 Å². The van der Waals surface area contributed by atoms with Gasteiger partial charge in [0.25, 0.3) is 0 Å². The van der Waals surface area contributed by atoms with E-state index in [0.717, 1.165) is 11.1 Å². The molecule has 0 saturated heterocycles. The number of rotatable bonds is 3. The maximum Gasteiger partial charge on any atom is 0.171 e. The zero-order valence-corrected chi connectivity index (χ0v) is 11.3. The van der Waals surface area contributed by atoms with Gasteiger partial charge in [0.2, 0.25) is 0 Å². The molecule has 1 N–H and O–H groups in total. The monoisotopic (exact) mass is 260 g/mol. The highest BCUT2D eigenvalue weighted by Crippen LogP contribution is 2.29. The minimum Gasteiger partial charge on any atom is -0.494 e. The molecule has 100 valence electrons. The molecule has 1 unspecified atom stereocenters. The van der Waals surface area contributed by atoms with Crippen molar-refractivity contribution in [3.8, 4) is 5.75 Å². The van der Waals surface area contributed by atoms with Crippen molar-refractivity contribution in [3.05, 3.63) is 64.5 Å². The highest BCUT2D eigenvalue weighted by molar-refractivity contribution is 5.39. The third-order valence-corrected chi connectivity index (χ3v) is 3.07. The lowest BCUT2D eigenvalue weighted by Crippen LogP contribution is -2.04. The van der Waals surface area contributed by atoms with Crippen LogP contribution in [0.5, 0.6) is 5.75 Å². The van der Waals surface area contributed by atoms with Crippen LogP contribution in [0.25, 0.3) is 0 Å². The van der Waals surface area contributed by atoms with Crippen molar-refractivity contribution in [1.29, 1.82) is 0 Å². The van der Waals surface area contributed by atoms with E-state index in [1.165, 1.54) is 13.2 Å². The van der Waals surface area contributed by atoms with E-state index in [1.54, 1.807) is 12.1 Å². The first-order valence-electron chi connectivity index (χ1n) is 6.11. The van der Waals surface area contributed by atoms with E-state index in [-0.39, 0.29) is 11.3 Å². The van der Waals surface area contributed by atoms with E-state index in [9.17, 15) is 9.50 Å². The molecule has 1 atom stereocenters. The lowest BCUT2D eigenvalue weighted by molar-refractivity contribution is 0.213. The first-order valence-corrected chi connectivity index (χ1v) is 6.11. The van der Waals surface area contributed by atoms with Crippen LogP contribution in [0.3, 0.4) is 0 Å². The highest BCUT2D eigenvalue weighted by atomic mass is 19.1. The molecule has 0 bridgehead atoms. The van der Waals surface area contributed by atoms with E-state index in [4.69, 9.17) is 4.74 Å². The molecule has 2 aromatic rings. The zero-order valence-electron chi connectivity index (χ0n) is 11.3. The Morgan fingerprint density at radius 2 is 1.74 bits per heavy atom. The second kappa shape index (κ2) is 5.41. The van der Waals surface area contributed by atoms with Crippen molar-refractivity contribution in [2.24, 2.45) is 0 Å². The van der Waals surface area contributed by atoms with Gasteiger partial charge in [-0.1, -0.05) is 41.5 Å². The predicted octanol–water partition coefficient (Wildman–Crippen LogP) is 3.53. The van der Waals surface area contributed by atoms with Crippen molar-refractivity contribution in [3.63, 3.8) is 0 Å². The summed E-state index contributed by atoms with van der Waals surface area (Å²) < 4.78 is 19.1. The van der Waals surface area contributed by atoms with Crippen molar-refractivity contribution in [2.45, 2.75) is 20.0 Å². The van der Waals surface area contributed by atoms with Gasteiger partial charge in [0.15, 0.2) is 11.6 Å². The first kappa shape index (κ1) is 13.6. The molecule has 3 heteroatoms. The molecular formula is C16H17FO2. The Balaban J connectivity index is 2.46. The summed E-state index contributed by atoms with van der Waals surface area (Å²) in [6.45, 7) is 3.90. The number of ether oxygens (including phenoxy) is 1. The molecule has 0 aliphatic rings. The normalized spacial score (nSPS) is 12.3. The van der Waals surface area contributed by atoms with Crippen molar-refractivity contribution >= 4 is 0 Å². The molecular weight excluding hydrogens is 243 g/mol. The summed E-state index contributed by atoms with van der Waals surface area (Å²) in [6, 6.07) is 10.5. The number of aryl methyl sites for hydroxylation is 2. The Morgan fingerprint density at radius 1 is 1.11 bits per heavy atom. The van der Waals surface area contributed by atoms with Gasteiger partial charge >= 0.3 is 0 Å². The lowest BCUT2D eigenvalue weighted by atomic mass is 9.97. The van der Waals surface area contributed by atoms with Crippen LogP contribution in [0.2, 0.25) is 0 Å². The molecule has 0 spiro atoms. The fraction of sp³-hybridized carbons (Fsp3) is 0.250. The number of hydrogen-bond donors (Lipinski definition) is 1. The van der Waals surface area contributed by atoms with Crippen LogP contribution in [-0.4, -0.2) is 12.2 Å². The number of benzene rings is 2. The number of hydrogen-bond acceptors (Lipinski definition) is 2. The lowest BCUT2D eigenvalue weighted by Gasteiger charge is -2.15. The molecule has 2 nitrogen and oxygen atoms in total. The van der Waals surface area contributed by atoms with Gasteiger partial charge in [0.05, 0.1) is 7.11 Å². The summed E-state index contributed by atoms with van der Waals surface area (Å²) in [7, 11) is 1.41. The Bertz CT molecular complexity index is 573. The van der Waals surface area contributed by atoms with Crippen LogP contribution in [0.4, 0.5) is 4.39 Å². The average molecular weight is 260 g/mol. The average Bonchev–Trinajstić information content (AvgIpc) is 2.37. The zero-order chi connectivity index (χ0) is 14.0. The van der Waals surface area contributed by atoms with Gasteiger partial charge in [-0.05, 0) is 25.5 Å². The third-order valence-electron chi connectivity index (χ3n) is 3.07. The fourth-order valence-electron chi connectivity index (χ4n) is 2.24. The van der Waals surface area contributed by atoms with E-state index >= 15 is 0 Å². The van der Waals surface area contributed by atoms with Gasteiger partial charge in [-0.25, -0.2) is 4.39 Å². The Kier molecular flexibility index (Phi) is 3.86. The highest BCUT2D eigenvalue weighted by Gasteiger charge is 2.18. The SMILES string of the molecule is COc1cccc(C(O)c2cc(C)cc(C)c2)c1F. The van der Waals surface area contributed by atoms with Crippen molar-refractivity contribution in [1.82, 2.24) is 0 Å². The van der Waals surface area contributed by atoms with E-state index < -0.39 is 11.9 Å². The molecule has 0 aromatic heterocycles. The van der Waals surface area contributed by atoms with Crippen LogP contribution in [0.1, 0.15) is 28.4 Å². The maximum atomic E-state index is 14.1. The minimum atomic E-state index is -0.992. The van der Waals surface area contributed by atoms with Crippen LogP contribution in [0.15, 0.2) is 36.4 Å². The van der Waals surface area contributed by atoms with Gasteiger partial charge in [0, 0.05) is 5.56 Å². The van der Waals surface area contributed by atoms with E-state index in [1.807, 2.05) is 32.0 Å². The largest absolute Gasteiger partial charge is 0.494 e. The van der Waals surface area contributed by atoms with Crippen molar-refractivity contribution < 1.29 is 14.2 Å². The smallest absolute Gasteiger partial charge is 0.171 e. The minimum absolute atomic E-state index is 0.140. The molecule has 0 fully saturated rings. The summed E-state index contributed by atoms with van der Waals surface area (Å²) in [5, 5.41) is 10.3. The summed E-state index contributed by atoms with van der Waals surface area (Å²) in [5.41, 5.74) is 2.99. The second-order valence-corrected chi connectivity index (χ2v) is 4.69. The van der Waals surface area contributed by atoms with Crippen LogP contribution in [0, 0.1) is 19.7 Å². The molecule has 0 aliphatic heterocycles. The topological polar surface area (TPSA) is 29.5 Å². The summed E-state index contributed by atoms with van der Waals surface area (Å²) in [4.78, 5) is 0. The molecule has 0 aliphatic carbocycles. The van der Waals surface area contributed by atoms with Gasteiger partial charge in [-0.15, -0.1) is 0 Å². The van der Waals surface area contributed by atoms with Gasteiger partial charge in [-0.2, -0.15) is 0 Å². The number of methoxy groups -OCH3 is 1. The van der Waals surface area contributed by atoms with Gasteiger partial charge in [-0.3, -0.25) is 0 Å². The van der Waals surface area contributed by atoms with Crippen LogP contribution in [-0.2, 0) is 0 Å². The quantitative estimate of drug-likeness (QED) is 0.914. The molecule has 0 saturated carbocycles. The molecule has 2 aromatic carbocycles. The van der Waals surface area contributed by atoms with Crippen LogP contribution >= 0.6 is 0 Å². The third kappa shape index (κ3) is 2.76. The summed E-state index contributed by atoms with van der Waals surface area (Å²) in [5.74, 6) is -0.377. The van der Waals surface area contributed by atoms with Gasteiger partial charge < -0.3 is 9.84 Å². The second-order valence-electron chi connectivity index (χ2n) is 4.69. The Morgan fingerprint density at radius 3 is 2.32 bits per heavy atom. The molecule has 0 radical (unpaired) electrons. The molecule has 0 amide bonds. The Labute approximate surface area is 112 Å². The fourth-order valence-corrected chi connectivity index (χ4v) is 2.24. The summed E-state index contributed by atoms with van der Waals surface area (Å²) in [6.07, 6.45) is -0.992. The summed E-state index contributed by atoms with van der Waals surface area (Å²) >= 11 is 0. The predicted molar refractivity (Wildman–Crippen MR) is 72.9 cm³/mol. The number of aliphatic hydroxyl groups is 1. The molecule has 19 heavy (non-hydrogen) atoms. The Hall–Kier alpha value is -1.87.